The van der Waals surface area contributed by atoms with Crippen LogP contribution in [0.1, 0.15) is 18.1 Å². The van der Waals surface area contributed by atoms with Crippen LogP contribution in [0.2, 0.25) is 0 Å². The van der Waals surface area contributed by atoms with Gasteiger partial charge in [0, 0.05) is 12.4 Å². The standard InChI is InChI=1S/C14H13N3O/c1-3-10-5-4-6-15-12(10)14-17-11-7-9(2)8-16-13(11)18-14/h4-8H,3H2,1-2H3. The molecule has 0 unspecified atom stereocenters. The first-order valence-electron chi connectivity index (χ1n) is 5.95. The van der Waals surface area contributed by atoms with Gasteiger partial charge in [-0.25, -0.2) is 9.97 Å². The molecule has 0 radical (unpaired) electrons. The van der Waals surface area contributed by atoms with E-state index in [1.807, 2.05) is 25.1 Å². The van der Waals surface area contributed by atoms with Crippen LogP contribution in [-0.4, -0.2) is 15.0 Å². The van der Waals surface area contributed by atoms with Gasteiger partial charge in [-0.15, -0.1) is 0 Å². The molecule has 4 heteroatoms. The molecule has 0 aliphatic carbocycles. The van der Waals surface area contributed by atoms with Crippen LogP contribution in [0.15, 0.2) is 35.0 Å². The third kappa shape index (κ3) is 1.76. The predicted octanol–water partition coefficient (Wildman–Crippen LogP) is 3.16. The topological polar surface area (TPSA) is 51.8 Å². The lowest BCUT2D eigenvalue weighted by Crippen LogP contribution is -1.90. The molecule has 90 valence electrons. The quantitative estimate of drug-likeness (QED) is 0.689. The van der Waals surface area contributed by atoms with Crippen LogP contribution in [0, 0.1) is 6.92 Å². The van der Waals surface area contributed by atoms with E-state index in [0.717, 1.165) is 28.8 Å². The third-order valence-electron chi connectivity index (χ3n) is 2.86. The van der Waals surface area contributed by atoms with Gasteiger partial charge in [-0.3, -0.25) is 4.98 Å². The summed E-state index contributed by atoms with van der Waals surface area (Å²) >= 11 is 0. The molecule has 0 fully saturated rings. The predicted molar refractivity (Wildman–Crippen MR) is 69.2 cm³/mol. The van der Waals surface area contributed by atoms with E-state index in [1.54, 1.807) is 12.4 Å². The molecule has 0 N–H and O–H groups in total. The number of aromatic nitrogens is 3. The van der Waals surface area contributed by atoms with Crippen LogP contribution >= 0.6 is 0 Å². The van der Waals surface area contributed by atoms with Gasteiger partial charge in [0.25, 0.3) is 0 Å². The molecule has 0 bridgehead atoms. The first kappa shape index (κ1) is 10.9. The summed E-state index contributed by atoms with van der Waals surface area (Å²) in [7, 11) is 0. The highest BCUT2D eigenvalue weighted by atomic mass is 16.4. The Kier molecular flexibility index (Phi) is 2.55. The van der Waals surface area contributed by atoms with Crippen LogP contribution in [0.3, 0.4) is 0 Å². The molecule has 3 rings (SSSR count). The van der Waals surface area contributed by atoms with E-state index in [2.05, 4.69) is 21.9 Å². The summed E-state index contributed by atoms with van der Waals surface area (Å²) in [4.78, 5) is 13.0. The smallest absolute Gasteiger partial charge is 0.248 e. The van der Waals surface area contributed by atoms with Crippen LogP contribution in [-0.2, 0) is 6.42 Å². The van der Waals surface area contributed by atoms with E-state index >= 15 is 0 Å². The molecular weight excluding hydrogens is 226 g/mol. The van der Waals surface area contributed by atoms with Gasteiger partial charge in [0.15, 0.2) is 0 Å². The Balaban J connectivity index is 2.19. The van der Waals surface area contributed by atoms with Crippen LogP contribution in [0.4, 0.5) is 0 Å². The highest BCUT2D eigenvalue weighted by molar-refractivity contribution is 5.72. The van der Waals surface area contributed by atoms with Crippen molar-refractivity contribution in [1.82, 2.24) is 15.0 Å². The van der Waals surface area contributed by atoms with Crippen molar-refractivity contribution in [1.29, 1.82) is 0 Å². The van der Waals surface area contributed by atoms with Gasteiger partial charge >= 0.3 is 0 Å². The molecule has 4 nitrogen and oxygen atoms in total. The largest absolute Gasteiger partial charge is 0.416 e. The van der Waals surface area contributed by atoms with Gasteiger partial charge in [0.05, 0.1) is 0 Å². The second kappa shape index (κ2) is 4.22. The average molecular weight is 239 g/mol. The maximum Gasteiger partial charge on any atom is 0.248 e. The van der Waals surface area contributed by atoms with E-state index < -0.39 is 0 Å². The Bertz CT molecular complexity index is 703. The van der Waals surface area contributed by atoms with Crippen molar-refractivity contribution >= 4 is 11.2 Å². The molecular formula is C14H13N3O. The monoisotopic (exact) mass is 239 g/mol. The molecule has 3 aromatic rings. The van der Waals surface area contributed by atoms with E-state index in [0.29, 0.717) is 11.6 Å². The maximum atomic E-state index is 5.67. The Morgan fingerprint density at radius 2 is 2.17 bits per heavy atom. The zero-order valence-electron chi connectivity index (χ0n) is 10.3. The lowest BCUT2D eigenvalue weighted by molar-refractivity contribution is 0.603. The number of oxazole rings is 1. The molecule has 0 aliphatic rings. The van der Waals surface area contributed by atoms with E-state index in [9.17, 15) is 0 Å². The minimum atomic E-state index is 0.542. The number of hydrogen-bond donors (Lipinski definition) is 0. The van der Waals surface area contributed by atoms with Crippen molar-refractivity contribution in [2.24, 2.45) is 0 Å². The summed E-state index contributed by atoms with van der Waals surface area (Å²) in [5, 5.41) is 0. The van der Waals surface area contributed by atoms with E-state index in [1.165, 1.54) is 0 Å². The molecule has 0 saturated carbocycles. The molecule has 3 heterocycles. The molecule has 0 spiro atoms. The number of hydrogen-bond acceptors (Lipinski definition) is 4. The van der Waals surface area contributed by atoms with Crippen LogP contribution in [0.25, 0.3) is 22.8 Å². The fraction of sp³-hybridized carbons (Fsp3) is 0.214. The number of pyridine rings is 2. The Labute approximate surface area is 105 Å². The number of fused-ring (bicyclic) bond motifs is 1. The first-order chi connectivity index (χ1) is 8.78. The van der Waals surface area contributed by atoms with Crippen molar-refractivity contribution in [2.45, 2.75) is 20.3 Å². The summed E-state index contributed by atoms with van der Waals surface area (Å²) in [6, 6.07) is 5.92. The first-order valence-corrected chi connectivity index (χ1v) is 5.95. The molecule has 18 heavy (non-hydrogen) atoms. The molecule has 0 atom stereocenters. The van der Waals surface area contributed by atoms with Crippen molar-refractivity contribution in [3.8, 4) is 11.6 Å². The summed E-state index contributed by atoms with van der Waals surface area (Å²) < 4.78 is 5.67. The number of aryl methyl sites for hydroxylation is 2. The third-order valence-corrected chi connectivity index (χ3v) is 2.86. The highest BCUT2D eigenvalue weighted by Gasteiger charge is 2.13. The fourth-order valence-electron chi connectivity index (χ4n) is 1.94. The lowest BCUT2D eigenvalue weighted by atomic mass is 10.1. The normalized spacial score (nSPS) is 11.0. The molecule has 0 aromatic carbocycles. The van der Waals surface area contributed by atoms with Gasteiger partial charge in [-0.1, -0.05) is 13.0 Å². The molecule has 0 saturated heterocycles. The van der Waals surface area contributed by atoms with Crippen molar-refractivity contribution < 1.29 is 4.42 Å². The Morgan fingerprint density at radius 3 is 3.00 bits per heavy atom. The number of nitrogens with zero attached hydrogens (tertiary/aromatic N) is 3. The second-order valence-electron chi connectivity index (χ2n) is 4.22. The minimum Gasteiger partial charge on any atom is -0.416 e. The molecule has 3 aromatic heterocycles. The summed E-state index contributed by atoms with van der Waals surface area (Å²) in [6.45, 7) is 4.07. The maximum absolute atomic E-state index is 5.67. The zero-order chi connectivity index (χ0) is 12.5. The highest BCUT2D eigenvalue weighted by Crippen LogP contribution is 2.24. The van der Waals surface area contributed by atoms with Crippen molar-refractivity contribution in [3.63, 3.8) is 0 Å². The van der Waals surface area contributed by atoms with Gasteiger partial charge in [-0.2, -0.15) is 0 Å². The SMILES string of the molecule is CCc1cccnc1-c1nc2cc(C)cnc2o1. The van der Waals surface area contributed by atoms with Gasteiger partial charge in [-0.05, 0) is 36.6 Å². The fourth-order valence-corrected chi connectivity index (χ4v) is 1.94. The number of rotatable bonds is 2. The van der Waals surface area contributed by atoms with Crippen molar-refractivity contribution in [3.05, 3.63) is 41.7 Å². The van der Waals surface area contributed by atoms with Gasteiger partial charge in [0.2, 0.25) is 11.6 Å². The lowest BCUT2D eigenvalue weighted by Gasteiger charge is -2.00. The van der Waals surface area contributed by atoms with Gasteiger partial charge in [0.1, 0.15) is 11.2 Å². The van der Waals surface area contributed by atoms with Gasteiger partial charge < -0.3 is 4.42 Å². The molecule has 0 aliphatic heterocycles. The summed E-state index contributed by atoms with van der Waals surface area (Å²) in [5.74, 6) is 0.542. The second-order valence-corrected chi connectivity index (χ2v) is 4.22. The Morgan fingerprint density at radius 1 is 1.28 bits per heavy atom. The van der Waals surface area contributed by atoms with E-state index in [-0.39, 0.29) is 0 Å². The summed E-state index contributed by atoms with van der Waals surface area (Å²) in [5.41, 5.74) is 4.33. The van der Waals surface area contributed by atoms with Crippen LogP contribution in [0.5, 0.6) is 0 Å². The average Bonchev–Trinajstić information content (AvgIpc) is 2.81. The van der Waals surface area contributed by atoms with Crippen LogP contribution < -0.4 is 0 Å². The zero-order valence-corrected chi connectivity index (χ0v) is 10.3. The Hall–Kier alpha value is -2.23. The summed E-state index contributed by atoms with van der Waals surface area (Å²) in [6.07, 6.45) is 4.42. The molecule has 0 amide bonds. The minimum absolute atomic E-state index is 0.542. The van der Waals surface area contributed by atoms with Crippen molar-refractivity contribution in [2.75, 3.05) is 0 Å². The van der Waals surface area contributed by atoms with E-state index in [4.69, 9.17) is 4.42 Å².